The number of nitrogens with one attached hydrogen (secondary N) is 1. The van der Waals surface area contributed by atoms with Gasteiger partial charge in [0.15, 0.2) is 5.78 Å². The van der Waals surface area contributed by atoms with E-state index in [2.05, 4.69) is 5.32 Å². The van der Waals surface area contributed by atoms with Gasteiger partial charge < -0.3 is 10.1 Å². The number of hydrogen-bond donors (Lipinski definition) is 1. The quantitative estimate of drug-likeness (QED) is 0.504. The van der Waals surface area contributed by atoms with E-state index in [1.165, 1.54) is 0 Å². The molecule has 4 nitrogen and oxygen atoms in total. The first-order chi connectivity index (χ1) is 15.1. The number of hydrogen-bond acceptors (Lipinski definition) is 5. The van der Waals surface area contributed by atoms with Crippen LogP contribution in [-0.4, -0.2) is 24.6 Å². The van der Waals surface area contributed by atoms with Gasteiger partial charge in [-0.3, -0.25) is 4.79 Å². The van der Waals surface area contributed by atoms with Crippen molar-refractivity contribution in [2.45, 2.75) is 43.4 Å². The molecule has 1 heterocycles. The molecule has 1 atom stereocenters. The number of esters is 1. The molecule has 4 rings (SSSR count). The zero-order valence-electron chi connectivity index (χ0n) is 17.9. The fourth-order valence-corrected chi connectivity index (χ4v) is 4.78. The van der Waals surface area contributed by atoms with E-state index in [4.69, 9.17) is 4.74 Å². The van der Waals surface area contributed by atoms with Gasteiger partial charge in [-0.1, -0.05) is 42.5 Å². The molecule has 5 heteroatoms. The summed E-state index contributed by atoms with van der Waals surface area (Å²) in [5.41, 5.74) is 5.07. The molecule has 0 saturated heterocycles. The summed E-state index contributed by atoms with van der Waals surface area (Å²) in [6, 6.07) is 18.1. The topological polar surface area (TPSA) is 55.4 Å². The van der Waals surface area contributed by atoms with Gasteiger partial charge in [-0.2, -0.15) is 0 Å². The Balaban J connectivity index is 1.63. The molecule has 0 radical (unpaired) electrons. The monoisotopic (exact) mass is 433 g/mol. The Morgan fingerprint density at radius 3 is 2.55 bits per heavy atom. The lowest BCUT2D eigenvalue weighted by Crippen LogP contribution is -2.34. The van der Waals surface area contributed by atoms with Crippen LogP contribution >= 0.6 is 11.8 Å². The Hall–Kier alpha value is -2.79. The minimum atomic E-state index is -0.385. The summed E-state index contributed by atoms with van der Waals surface area (Å²) < 4.78 is 5.69. The number of benzene rings is 2. The van der Waals surface area contributed by atoms with Crippen LogP contribution in [0, 0.1) is 0 Å². The number of carbonyl (C=O) groups is 2. The fourth-order valence-electron chi connectivity index (χ4n) is 4.37. The summed E-state index contributed by atoms with van der Waals surface area (Å²) in [7, 11) is 0. The number of ether oxygens (including phenoxy) is 1. The van der Waals surface area contributed by atoms with E-state index in [9.17, 15) is 9.59 Å². The number of carbonyl (C=O) groups excluding carboxylic acids is 2. The van der Waals surface area contributed by atoms with E-state index in [-0.39, 0.29) is 17.7 Å². The molecule has 0 aromatic heterocycles. The van der Waals surface area contributed by atoms with Crippen LogP contribution in [0.15, 0.2) is 82.0 Å². The van der Waals surface area contributed by atoms with Crippen molar-refractivity contribution in [1.29, 1.82) is 0 Å². The van der Waals surface area contributed by atoms with E-state index in [0.29, 0.717) is 25.0 Å². The zero-order chi connectivity index (χ0) is 21.8. The molecule has 160 valence electrons. The van der Waals surface area contributed by atoms with Crippen LogP contribution in [-0.2, 0) is 20.7 Å². The summed E-state index contributed by atoms with van der Waals surface area (Å²) >= 11 is 1.67. The molecule has 0 bridgehead atoms. The molecule has 0 fully saturated rings. The summed E-state index contributed by atoms with van der Waals surface area (Å²) in [5, 5.41) is 3.34. The number of Topliss-reactive ketones (excluding diaryl/α,β-unsaturated/α-hetero) is 1. The SMILES string of the molecule is CSc1ccc(C2C(C(=O)OCCc3ccccc3)=C(C)NC3=C2C(=O)CCC3)cc1. The molecule has 2 aromatic rings. The van der Waals surface area contributed by atoms with Gasteiger partial charge in [-0.15, -0.1) is 11.8 Å². The third-order valence-corrected chi connectivity index (χ3v) is 6.66. The number of thioether (sulfide) groups is 1. The van der Waals surface area contributed by atoms with Crippen LogP contribution in [0.4, 0.5) is 0 Å². The molecule has 1 aliphatic heterocycles. The molecular formula is C26H27NO3S. The first-order valence-corrected chi connectivity index (χ1v) is 11.9. The molecule has 2 aromatic carbocycles. The van der Waals surface area contributed by atoms with Crippen LogP contribution in [0.1, 0.15) is 43.2 Å². The molecule has 1 aliphatic carbocycles. The van der Waals surface area contributed by atoms with Crippen molar-refractivity contribution in [2.24, 2.45) is 0 Å². The molecule has 0 saturated carbocycles. The minimum Gasteiger partial charge on any atom is -0.462 e. The lowest BCUT2D eigenvalue weighted by atomic mass is 9.75. The van der Waals surface area contributed by atoms with E-state index < -0.39 is 0 Å². The number of allylic oxidation sites excluding steroid dienone is 3. The summed E-state index contributed by atoms with van der Waals surface area (Å²) in [4.78, 5) is 27.3. The summed E-state index contributed by atoms with van der Waals surface area (Å²) in [6.45, 7) is 2.21. The van der Waals surface area contributed by atoms with E-state index in [1.807, 2.05) is 67.8 Å². The largest absolute Gasteiger partial charge is 0.462 e. The van der Waals surface area contributed by atoms with Crippen molar-refractivity contribution in [3.05, 3.63) is 88.3 Å². The molecule has 1 N–H and O–H groups in total. The maximum Gasteiger partial charge on any atom is 0.336 e. The van der Waals surface area contributed by atoms with Gasteiger partial charge in [0.05, 0.1) is 12.2 Å². The zero-order valence-corrected chi connectivity index (χ0v) is 18.8. The highest BCUT2D eigenvalue weighted by Crippen LogP contribution is 2.42. The highest BCUT2D eigenvalue weighted by atomic mass is 32.2. The van der Waals surface area contributed by atoms with Crippen molar-refractivity contribution in [3.8, 4) is 0 Å². The highest BCUT2D eigenvalue weighted by molar-refractivity contribution is 7.98. The van der Waals surface area contributed by atoms with Crippen LogP contribution in [0.5, 0.6) is 0 Å². The van der Waals surface area contributed by atoms with Crippen LogP contribution in [0.2, 0.25) is 0 Å². The third kappa shape index (κ3) is 4.62. The Kier molecular flexibility index (Phi) is 6.62. The first kappa shape index (κ1) is 21.4. The Morgan fingerprint density at radius 2 is 1.84 bits per heavy atom. The van der Waals surface area contributed by atoms with Crippen molar-refractivity contribution in [2.75, 3.05) is 12.9 Å². The number of ketones is 1. The second kappa shape index (κ2) is 9.56. The van der Waals surface area contributed by atoms with Gasteiger partial charge in [0, 0.05) is 40.6 Å². The maximum absolute atomic E-state index is 13.2. The average molecular weight is 434 g/mol. The summed E-state index contributed by atoms with van der Waals surface area (Å²) in [6.07, 6.45) is 4.88. The van der Waals surface area contributed by atoms with Gasteiger partial charge >= 0.3 is 5.97 Å². The predicted molar refractivity (Wildman–Crippen MR) is 124 cm³/mol. The molecule has 0 amide bonds. The lowest BCUT2D eigenvalue weighted by Gasteiger charge is -2.34. The standard InChI is InChI=1S/C26H27NO3S/c1-17-23(26(29)30-16-15-18-7-4-3-5-8-18)24(19-11-13-20(31-2)14-12-19)25-21(27-17)9-6-10-22(25)28/h3-5,7-8,11-14,24,27H,6,9-10,15-16H2,1-2H3. The van der Waals surface area contributed by atoms with Gasteiger partial charge in [0.25, 0.3) is 0 Å². The molecule has 31 heavy (non-hydrogen) atoms. The highest BCUT2D eigenvalue weighted by Gasteiger charge is 2.39. The lowest BCUT2D eigenvalue weighted by molar-refractivity contribution is -0.139. The van der Waals surface area contributed by atoms with Gasteiger partial charge in [0.1, 0.15) is 0 Å². The van der Waals surface area contributed by atoms with E-state index in [1.54, 1.807) is 11.8 Å². The normalized spacial score (nSPS) is 18.5. The average Bonchev–Trinajstić information content (AvgIpc) is 2.79. The molecular weight excluding hydrogens is 406 g/mol. The fraction of sp³-hybridized carbons (Fsp3) is 0.308. The Bertz CT molecular complexity index is 1040. The Morgan fingerprint density at radius 1 is 1.10 bits per heavy atom. The van der Waals surface area contributed by atoms with Crippen molar-refractivity contribution >= 4 is 23.5 Å². The molecule has 0 spiro atoms. The molecule has 2 aliphatic rings. The second-order valence-electron chi connectivity index (χ2n) is 7.91. The van der Waals surface area contributed by atoms with Gasteiger partial charge in [-0.05, 0) is 49.3 Å². The van der Waals surface area contributed by atoms with Crippen LogP contribution in [0.3, 0.4) is 0 Å². The summed E-state index contributed by atoms with van der Waals surface area (Å²) in [5.74, 6) is -0.622. The van der Waals surface area contributed by atoms with Crippen LogP contribution in [0.25, 0.3) is 0 Å². The smallest absolute Gasteiger partial charge is 0.336 e. The van der Waals surface area contributed by atoms with Crippen LogP contribution < -0.4 is 5.32 Å². The van der Waals surface area contributed by atoms with Crippen molar-refractivity contribution < 1.29 is 14.3 Å². The van der Waals surface area contributed by atoms with Crippen molar-refractivity contribution in [3.63, 3.8) is 0 Å². The first-order valence-electron chi connectivity index (χ1n) is 10.7. The number of dihydropyridines is 1. The second-order valence-corrected chi connectivity index (χ2v) is 8.79. The maximum atomic E-state index is 13.2. The van der Waals surface area contributed by atoms with E-state index in [0.717, 1.165) is 45.8 Å². The van der Waals surface area contributed by atoms with Gasteiger partial charge in [-0.25, -0.2) is 4.79 Å². The Labute approximate surface area is 187 Å². The molecule has 1 unspecified atom stereocenters. The minimum absolute atomic E-state index is 0.120. The predicted octanol–water partition coefficient (Wildman–Crippen LogP) is 5.16. The number of rotatable bonds is 6. The van der Waals surface area contributed by atoms with Crippen molar-refractivity contribution in [1.82, 2.24) is 5.32 Å². The van der Waals surface area contributed by atoms with E-state index >= 15 is 0 Å². The van der Waals surface area contributed by atoms with Gasteiger partial charge in [0.2, 0.25) is 0 Å². The third-order valence-electron chi connectivity index (χ3n) is 5.91.